The smallest absolute Gasteiger partial charge is 0.307 e. The van der Waals surface area contributed by atoms with Crippen LogP contribution in [0.25, 0.3) is 11.0 Å². The number of aryl methyl sites for hydroxylation is 1. The lowest BCUT2D eigenvalue weighted by molar-refractivity contribution is -0.153. The van der Waals surface area contributed by atoms with Gasteiger partial charge in [0.2, 0.25) is 5.91 Å². The SMILES string of the molecule is Cc1c(CNC(=O)[C@H]2CC(=O)OC23CCCCC3)oc2ccccc12. The Labute approximate surface area is 146 Å². The fourth-order valence-corrected chi connectivity index (χ4v) is 4.31. The molecule has 4 rings (SSSR count). The summed E-state index contributed by atoms with van der Waals surface area (Å²) in [6.45, 7) is 2.33. The first-order chi connectivity index (χ1) is 12.1. The van der Waals surface area contributed by atoms with Crippen LogP contribution in [0.15, 0.2) is 28.7 Å². The zero-order valence-electron chi connectivity index (χ0n) is 14.5. The predicted molar refractivity (Wildman–Crippen MR) is 92.8 cm³/mol. The molecule has 5 nitrogen and oxygen atoms in total. The topological polar surface area (TPSA) is 68.5 Å². The van der Waals surface area contributed by atoms with E-state index in [0.717, 1.165) is 54.4 Å². The van der Waals surface area contributed by atoms with Crippen molar-refractivity contribution in [3.8, 4) is 0 Å². The Bertz CT molecular complexity index is 816. The number of nitrogens with one attached hydrogen (secondary N) is 1. The van der Waals surface area contributed by atoms with Gasteiger partial charge in [-0.1, -0.05) is 24.6 Å². The molecule has 0 bridgehead atoms. The maximum absolute atomic E-state index is 12.8. The number of hydrogen-bond donors (Lipinski definition) is 1. The highest BCUT2D eigenvalue weighted by atomic mass is 16.6. The van der Waals surface area contributed by atoms with Crippen LogP contribution in [0.4, 0.5) is 0 Å². The molecule has 1 saturated carbocycles. The van der Waals surface area contributed by atoms with E-state index in [0.29, 0.717) is 6.54 Å². The molecule has 2 aliphatic rings. The molecule has 1 aliphatic carbocycles. The number of ether oxygens (including phenoxy) is 1. The Kier molecular flexibility index (Phi) is 4.02. The van der Waals surface area contributed by atoms with Crippen LogP contribution < -0.4 is 5.32 Å². The van der Waals surface area contributed by atoms with Crippen molar-refractivity contribution >= 4 is 22.8 Å². The van der Waals surface area contributed by atoms with E-state index >= 15 is 0 Å². The summed E-state index contributed by atoms with van der Waals surface area (Å²) in [5, 5.41) is 4.03. The van der Waals surface area contributed by atoms with Crippen molar-refractivity contribution in [1.82, 2.24) is 5.32 Å². The monoisotopic (exact) mass is 341 g/mol. The largest absolute Gasteiger partial charge is 0.459 e. The molecule has 132 valence electrons. The van der Waals surface area contributed by atoms with Crippen LogP contribution >= 0.6 is 0 Å². The summed E-state index contributed by atoms with van der Waals surface area (Å²) < 4.78 is 11.5. The molecule has 1 aromatic carbocycles. The highest BCUT2D eigenvalue weighted by molar-refractivity contribution is 5.88. The van der Waals surface area contributed by atoms with Crippen molar-refractivity contribution in [1.29, 1.82) is 0 Å². The summed E-state index contributed by atoms with van der Waals surface area (Å²) >= 11 is 0. The Morgan fingerprint density at radius 2 is 2.00 bits per heavy atom. The highest BCUT2D eigenvalue weighted by Crippen LogP contribution is 2.44. The molecule has 1 aromatic heterocycles. The van der Waals surface area contributed by atoms with Gasteiger partial charge in [-0.05, 0) is 38.7 Å². The molecule has 1 atom stereocenters. The van der Waals surface area contributed by atoms with Crippen molar-refractivity contribution < 1.29 is 18.7 Å². The molecule has 5 heteroatoms. The van der Waals surface area contributed by atoms with E-state index in [2.05, 4.69) is 5.32 Å². The molecular formula is C20H23NO4. The average molecular weight is 341 g/mol. The van der Waals surface area contributed by atoms with Crippen LogP contribution in [0, 0.1) is 12.8 Å². The van der Waals surface area contributed by atoms with Gasteiger partial charge in [0, 0.05) is 10.9 Å². The molecule has 0 unspecified atom stereocenters. The Hall–Kier alpha value is -2.30. The zero-order chi connectivity index (χ0) is 17.4. The number of carbonyl (C=O) groups is 2. The van der Waals surface area contributed by atoms with Gasteiger partial charge in [0.15, 0.2) is 0 Å². The minimum Gasteiger partial charge on any atom is -0.459 e. The van der Waals surface area contributed by atoms with Crippen molar-refractivity contribution in [2.24, 2.45) is 5.92 Å². The lowest BCUT2D eigenvalue weighted by atomic mass is 9.75. The fourth-order valence-electron chi connectivity index (χ4n) is 4.31. The normalized spacial score (nSPS) is 22.3. The molecule has 2 heterocycles. The third kappa shape index (κ3) is 2.81. The van der Waals surface area contributed by atoms with Gasteiger partial charge in [0.1, 0.15) is 16.9 Å². The summed E-state index contributed by atoms with van der Waals surface area (Å²) in [4.78, 5) is 24.6. The van der Waals surface area contributed by atoms with E-state index < -0.39 is 5.60 Å². The zero-order valence-corrected chi connectivity index (χ0v) is 14.5. The van der Waals surface area contributed by atoms with E-state index in [1.54, 1.807) is 0 Å². The van der Waals surface area contributed by atoms with Gasteiger partial charge in [-0.15, -0.1) is 0 Å². The van der Waals surface area contributed by atoms with E-state index in [-0.39, 0.29) is 24.2 Å². The van der Waals surface area contributed by atoms with Crippen LogP contribution in [0.5, 0.6) is 0 Å². The summed E-state index contributed by atoms with van der Waals surface area (Å²) in [7, 11) is 0. The van der Waals surface area contributed by atoms with Crippen molar-refractivity contribution in [2.45, 2.75) is 57.6 Å². The fraction of sp³-hybridized carbons (Fsp3) is 0.500. The number of para-hydroxylation sites is 1. The molecule has 1 spiro atoms. The summed E-state index contributed by atoms with van der Waals surface area (Å²) in [5.41, 5.74) is 1.29. The second-order valence-electron chi connectivity index (χ2n) is 7.22. The maximum Gasteiger partial charge on any atom is 0.307 e. The van der Waals surface area contributed by atoms with Gasteiger partial charge in [-0.2, -0.15) is 0 Å². The van der Waals surface area contributed by atoms with Crippen molar-refractivity contribution in [3.63, 3.8) is 0 Å². The third-order valence-electron chi connectivity index (χ3n) is 5.71. The molecule has 2 aromatic rings. The van der Waals surface area contributed by atoms with E-state index in [1.165, 1.54) is 0 Å². The number of rotatable bonds is 3. The van der Waals surface area contributed by atoms with E-state index in [1.807, 2.05) is 31.2 Å². The second-order valence-corrected chi connectivity index (χ2v) is 7.22. The molecule has 1 saturated heterocycles. The molecule has 2 fully saturated rings. The van der Waals surface area contributed by atoms with E-state index in [4.69, 9.17) is 9.15 Å². The van der Waals surface area contributed by atoms with Crippen molar-refractivity contribution in [2.75, 3.05) is 0 Å². The van der Waals surface area contributed by atoms with Crippen LogP contribution in [0.3, 0.4) is 0 Å². The minimum absolute atomic E-state index is 0.104. The molecule has 0 radical (unpaired) electrons. The van der Waals surface area contributed by atoms with Gasteiger partial charge >= 0.3 is 5.97 Å². The van der Waals surface area contributed by atoms with Gasteiger partial charge in [-0.3, -0.25) is 9.59 Å². The van der Waals surface area contributed by atoms with Gasteiger partial charge in [-0.25, -0.2) is 0 Å². The number of amides is 1. The predicted octanol–water partition coefficient (Wildman–Crippen LogP) is 3.62. The molecule has 1 aliphatic heterocycles. The average Bonchev–Trinajstić information content (AvgIpc) is 3.11. The lowest BCUT2D eigenvalue weighted by Gasteiger charge is -2.35. The first-order valence-electron chi connectivity index (χ1n) is 9.06. The number of benzene rings is 1. The lowest BCUT2D eigenvalue weighted by Crippen LogP contribution is -2.45. The quantitative estimate of drug-likeness (QED) is 0.866. The minimum atomic E-state index is -0.581. The number of hydrogen-bond acceptors (Lipinski definition) is 4. The highest BCUT2D eigenvalue weighted by Gasteiger charge is 2.52. The number of furan rings is 1. The Balaban J connectivity index is 1.49. The van der Waals surface area contributed by atoms with E-state index in [9.17, 15) is 9.59 Å². The third-order valence-corrected chi connectivity index (χ3v) is 5.71. The van der Waals surface area contributed by atoms with Gasteiger partial charge < -0.3 is 14.5 Å². The summed E-state index contributed by atoms with van der Waals surface area (Å²) in [5.74, 6) is 0.0250. The van der Waals surface area contributed by atoms with Crippen LogP contribution in [-0.4, -0.2) is 17.5 Å². The summed E-state index contributed by atoms with van der Waals surface area (Å²) in [6.07, 6.45) is 4.94. The summed E-state index contributed by atoms with van der Waals surface area (Å²) in [6, 6.07) is 7.84. The molecular weight excluding hydrogens is 318 g/mol. The van der Waals surface area contributed by atoms with Crippen LogP contribution in [-0.2, 0) is 20.9 Å². The maximum atomic E-state index is 12.8. The molecule has 25 heavy (non-hydrogen) atoms. The number of esters is 1. The number of fused-ring (bicyclic) bond motifs is 1. The standard InChI is InChI=1S/C20H23NO4/c1-13-14-7-3-4-8-16(14)24-17(13)12-21-19(23)15-11-18(22)25-20(15)9-5-2-6-10-20/h3-4,7-8,15H,2,5-6,9-12H2,1H3,(H,21,23)/t15-/m1/s1. The second kappa shape index (κ2) is 6.21. The van der Waals surface area contributed by atoms with Crippen molar-refractivity contribution in [3.05, 3.63) is 35.6 Å². The van der Waals surface area contributed by atoms with Gasteiger partial charge in [0.05, 0.1) is 18.9 Å². The molecule has 1 amide bonds. The Morgan fingerprint density at radius 3 is 2.76 bits per heavy atom. The van der Waals surface area contributed by atoms with Crippen LogP contribution in [0.1, 0.15) is 49.8 Å². The first kappa shape index (κ1) is 16.2. The Morgan fingerprint density at radius 1 is 1.24 bits per heavy atom. The molecule has 1 N–H and O–H groups in total. The van der Waals surface area contributed by atoms with Gasteiger partial charge in [0.25, 0.3) is 0 Å². The first-order valence-corrected chi connectivity index (χ1v) is 9.06. The number of carbonyl (C=O) groups excluding carboxylic acids is 2. The van der Waals surface area contributed by atoms with Crippen LogP contribution in [0.2, 0.25) is 0 Å².